The van der Waals surface area contributed by atoms with Crippen molar-refractivity contribution >= 4 is 44.6 Å². The summed E-state index contributed by atoms with van der Waals surface area (Å²) in [7, 11) is 0. The molecular weight excluding hydrogens is 925 g/mol. The molecule has 0 radical (unpaired) electrons. The van der Waals surface area contributed by atoms with Crippen LogP contribution in [0.3, 0.4) is 0 Å². The number of hydrogen-bond donors (Lipinski definition) is 2. The van der Waals surface area contributed by atoms with Gasteiger partial charge in [-0.2, -0.15) is 0 Å². The summed E-state index contributed by atoms with van der Waals surface area (Å²) >= 11 is 0. The highest BCUT2D eigenvalue weighted by molar-refractivity contribution is 6.09. The Kier molecular flexibility index (Phi) is 11.2. The molecule has 76 heavy (non-hydrogen) atoms. The number of rotatable bonds is 9. The molecule has 2 atom stereocenters. The van der Waals surface area contributed by atoms with E-state index in [-0.39, 0.29) is 12.1 Å². The predicted molar refractivity (Wildman–Crippen MR) is 312 cm³/mol. The maximum absolute atomic E-state index is 5.46. The van der Waals surface area contributed by atoms with Crippen LogP contribution >= 0.6 is 0 Å². The van der Waals surface area contributed by atoms with Gasteiger partial charge in [0.25, 0.3) is 0 Å². The van der Waals surface area contributed by atoms with Crippen LogP contribution in [0.5, 0.6) is 0 Å². The van der Waals surface area contributed by atoms with Gasteiger partial charge >= 0.3 is 0 Å². The maximum atomic E-state index is 5.46. The van der Waals surface area contributed by atoms with Crippen LogP contribution in [0.1, 0.15) is 45.5 Å². The fourth-order valence-electron chi connectivity index (χ4n) is 11.0. The first-order valence-corrected chi connectivity index (χ1v) is 25.9. The summed E-state index contributed by atoms with van der Waals surface area (Å²) in [5.74, 6) is 1.47. The first kappa shape index (κ1) is 44.6. The van der Waals surface area contributed by atoms with Gasteiger partial charge in [0.2, 0.25) is 0 Å². The van der Waals surface area contributed by atoms with Crippen LogP contribution < -0.4 is 10.6 Å². The van der Waals surface area contributed by atoms with E-state index in [0.29, 0.717) is 5.82 Å². The second-order valence-electron chi connectivity index (χ2n) is 19.4. The van der Waals surface area contributed by atoms with Crippen LogP contribution in [0, 0.1) is 0 Å². The van der Waals surface area contributed by atoms with Crippen molar-refractivity contribution in [3.05, 3.63) is 300 Å². The number of hydrogen-bond acceptors (Lipinski definition) is 6. The molecule has 6 nitrogen and oxygen atoms in total. The quantitative estimate of drug-likeness (QED) is 0.151. The van der Waals surface area contributed by atoms with Gasteiger partial charge in [-0.15, -0.1) is 0 Å². The number of amidine groups is 1. The molecule has 2 aliphatic heterocycles. The Morgan fingerprint density at radius 3 is 1.63 bits per heavy atom. The summed E-state index contributed by atoms with van der Waals surface area (Å²) < 4.78 is 0. The van der Waals surface area contributed by atoms with E-state index in [9.17, 15) is 0 Å². The minimum Gasteiger partial charge on any atom is -0.372 e. The van der Waals surface area contributed by atoms with E-state index < -0.39 is 0 Å². The zero-order chi connectivity index (χ0) is 50.4. The minimum absolute atomic E-state index is 0.0714. The van der Waals surface area contributed by atoms with Gasteiger partial charge in [-0.05, 0) is 74.9 Å². The summed E-state index contributed by atoms with van der Waals surface area (Å²) in [4.78, 5) is 21.8. The summed E-state index contributed by atoms with van der Waals surface area (Å²) in [6.07, 6.45) is 2.34. The number of pyridine rings is 1. The van der Waals surface area contributed by atoms with Crippen LogP contribution in [-0.2, 0) is 0 Å². The predicted octanol–water partition coefficient (Wildman–Crippen LogP) is 16.9. The summed E-state index contributed by atoms with van der Waals surface area (Å²) in [5.41, 5.74) is 20.6. The molecule has 10 aromatic carbocycles. The van der Waals surface area contributed by atoms with Crippen LogP contribution in [0.15, 0.2) is 272 Å². The average molecular weight is 973 g/mol. The van der Waals surface area contributed by atoms with Gasteiger partial charge in [-0.25, -0.2) is 19.9 Å². The third-order valence-corrected chi connectivity index (χ3v) is 14.8. The summed E-state index contributed by atoms with van der Waals surface area (Å²) in [6, 6.07) is 91.6. The van der Waals surface area contributed by atoms with E-state index in [1.807, 2.05) is 30.3 Å². The maximum Gasteiger partial charge on any atom is 0.160 e. The molecule has 12 aromatic rings. The van der Waals surface area contributed by atoms with Crippen molar-refractivity contribution in [3.63, 3.8) is 0 Å². The number of fused-ring (bicyclic) bond motifs is 6. The van der Waals surface area contributed by atoms with E-state index in [4.69, 9.17) is 19.9 Å². The topological polar surface area (TPSA) is 75.1 Å². The molecule has 0 amide bonds. The van der Waals surface area contributed by atoms with E-state index in [0.717, 1.165) is 117 Å². The molecule has 14 rings (SSSR count). The van der Waals surface area contributed by atoms with Crippen molar-refractivity contribution in [1.82, 2.24) is 20.3 Å². The lowest BCUT2D eigenvalue weighted by Crippen LogP contribution is -2.33. The summed E-state index contributed by atoms with van der Waals surface area (Å²) in [6.45, 7) is 0. The highest BCUT2D eigenvalue weighted by atomic mass is 15.1. The Bertz CT molecular complexity index is 4200. The van der Waals surface area contributed by atoms with Crippen LogP contribution in [0.25, 0.3) is 83.5 Å². The molecule has 0 spiro atoms. The molecule has 2 unspecified atom stereocenters. The van der Waals surface area contributed by atoms with Crippen LogP contribution in [-0.4, -0.2) is 20.8 Å². The first-order chi connectivity index (χ1) is 37.7. The number of benzene rings is 10. The average Bonchev–Trinajstić information content (AvgIpc) is 3.57. The molecule has 0 saturated carbocycles. The zero-order valence-corrected chi connectivity index (χ0v) is 41.3. The molecule has 2 aromatic heterocycles. The summed E-state index contributed by atoms with van der Waals surface area (Å²) in [5, 5.41) is 9.89. The van der Waals surface area contributed by atoms with Crippen LogP contribution in [0.2, 0.25) is 0 Å². The lowest BCUT2D eigenvalue weighted by Gasteiger charge is -2.29. The Labute approximate surface area is 441 Å². The minimum atomic E-state index is -0.231. The highest BCUT2D eigenvalue weighted by Crippen LogP contribution is 2.46. The Morgan fingerprint density at radius 1 is 0.355 bits per heavy atom. The number of aromatic nitrogens is 3. The normalized spacial score (nSPS) is 14.7. The third-order valence-electron chi connectivity index (χ3n) is 14.8. The Balaban J connectivity index is 0.907. The number of aliphatic imine (C=N–C) groups is 1. The van der Waals surface area contributed by atoms with Gasteiger partial charge in [0.05, 0.1) is 45.9 Å². The third kappa shape index (κ3) is 8.19. The SMILES string of the molecule is C1=C(c2ccccc2)c2ccc3c(-c4cccc(-c5cccc(C6NC(c7ccccc7)=Nc7c6ccc6c(-c8ccccc8)cc(-c8ccccc8)nc76)c5)c4)nc(-c4ccccc4)nc3c2NC1c1ccccc1. The molecule has 4 heterocycles. The van der Waals surface area contributed by atoms with Crippen molar-refractivity contribution in [2.24, 2.45) is 4.99 Å². The highest BCUT2D eigenvalue weighted by Gasteiger charge is 2.29. The molecule has 2 N–H and O–H groups in total. The Hall–Kier alpha value is -10.0. The van der Waals surface area contributed by atoms with Gasteiger partial charge < -0.3 is 10.6 Å². The van der Waals surface area contributed by atoms with Gasteiger partial charge in [0.15, 0.2) is 5.82 Å². The molecular formula is C70H48N6. The second kappa shape index (κ2) is 19.1. The van der Waals surface area contributed by atoms with Gasteiger partial charge in [0, 0.05) is 44.2 Å². The fraction of sp³-hybridized carbons (Fsp3) is 0.0286. The Morgan fingerprint density at radius 2 is 0.921 bits per heavy atom. The van der Waals surface area contributed by atoms with E-state index in [1.165, 1.54) is 11.1 Å². The van der Waals surface area contributed by atoms with Crippen molar-refractivity contribution in [1.29, 1.82) is 0 Å². The first-order valence-electron chi connectivity index (χ1n) is 25.9. The number of anilines is 1. The van der Waals surface area contributed by atoms with Crippen molar-refractivity contribution in [2.75, 3.05) is 5.32 Å². The smallest absolute Gasteiger partial charge is 0.160 e. The van der Waals surface area contributed by atoms with E-state index >= 15 is 0 Å². The molecule has 0 saturated heterocycles. The largest absolute Gasteiger partial charge is 0.372 e. The van der Waals surface area contributed by atoms with Crippen molar-refractivity contribution in [3.8, 4) is 56.2 Å². The molecule has 0 aliphatic carbocycles. The van der Waals surface area contributed by atoms with E-state index in [1.54, 1.807) is 0 Å². The standard InChI is InChI=1S/C70H48N6/c1-7-21-45(22-8-1)59-43-61(47-25-11-3-12-26-47)71-65-55(59)37-39-57-63(73-69(75-67(57)65)49-29-15-5-16-30-49)53-35-19-33-51(41-53)52-34-20-36-54(42-52)64-58-40-38-56-60(46-23-9-2-10-24-46)44-62(48-27-13-4-14-28-48)72-66(56)68(58)76-70(74-64)50-31-17-6-18-32-50/h1-44,61,64,71H,(H,74,76). The molecule has 358 valence electrons. The molecule has 2 aliphatic rings. The monoisotopic (exact) mass is 972 g/mol. The number of nitrogens with zero attached hydrogens (tertiary/aromatic N) is 4. The van der Waals surface area contributed by atoms with E-state index in [2.05, 4.69) is 247 Å². The number of nitrogens with one attached hydrogen (secondary N) is 2. The van der Waals surface area contributed by atoms with Crippen molar-refractivity contribution < 1.29 is 0 Å². The lowest BCUT2D eigenvalue weighted by molar-refractivity contribution is 0.751. The van der Waals surface area contributed by atoms with Crippen LogP contribution in [0.4, 0.5) is 11.4 Å². The van der Waals surface area contributed by atoms with Crippen molar-refractivity contribution in [2.45, 2.75) is 12.1 Å². The second-order valence-corrected chi connectivity index (χ2v) is 19.4. The lowest BCUT2D eigenvalue weighted by atomic mass is 9.87. The zero-order valence-electron chi connectivity index (χ0n) is 41.3. The van der Waals surface area contributed by atoms with Gasteiger partial charge in [-0.3, -0.25) is 0 Å². The fourth-order valence-corrected chi connectivity index (χ4v) is 11.0. The molecule has 6 heteroatoms. The van der Waals surface area contributed by atoms with Gasteiger partial charge in [0.1, 0.15) is 5.84 Å². The van der Waals surface area contributed by atoms with Gasteiger partial charge in [-0.1, -0.05) is 237 Å². The molecule has 0 fully saturated rings. The molecule has 0 bridgehead atoms.